The summed E-state index contributed by atoms with van der Waals surface area (Å²) in [5.74, 6) is -0.499. The van der Waals surface area contributed by atoms with Crippen molar-refractivity contribution in [3.63, 3.8) is 0 Å². The minimum atomic E-state index is -3.83. The minimum Gasteiger partial charge on any atom is -0.466 e. The van der Waals surface area contributed by atoms with Crippen LogP contribution in [0.2, 0.25) is 0 Å². The minimum absolute atomic E-state index is 0.127. The fourth-order valence-corrected chi connectivity index (χ4v) is 4.57. The lowest BCUT2D eigenvalue weighted by Gasteiger charge is -2.29. The Morgan fingerprint density at radius 3 is 2.38 bits per heavy atom. The second kappa shape index (κ2) is 10.9. The first-order valence-corrected chi connectivity index (χ1v) is 10.8. The molecule has 6 nitrogen and oxygen atoms in total. The molecule has 156 valence electrons. The van der Waals surface area contributed by atoms with Gasteiger partial charge in [0, 0.05) is 12.6 Å². The van der Waals surface area contributed by atoms with Gasteiger partial charge in [-0.1, -0.05) is 54.1 Å². The van der Waals surface area contributed by atoms with Gasteiger partial charge < -0.3 is 9.84 Å². The molecule has 0 saturated carbocycles. The van der Waals surface area contributed by atoms with Crippen LogP contribution in [-0.2, 0) is 26.0 Å². The number of rotatable bonds is 10. The zero-order chi connectivity index (χ0) is 21.3. The Labute approximate surface area is 172 Å². The van der Waals surface area contributed by atoms with Crippen LogP contribution in [0.5, 0.6) is 0 Å². The Kier molecular flexibility index (Phi) is 8.57. The quantitative estimate of drug-likeness (QED) is 0.475. The highest BCUT2D eigenvalue weighted by molar-refractivity contribution is 7.89. The Balaban J connectivity index is 2.31. The van der Waals surface area contributed by atoms with Crippen molar-refractivity contribution in [3.05, 3.63) is 77.9 Å². The fourth-order valence-electron chi connectivity index (χ4n) is 2.94. The van der Waals surface area contributed by atoms with Gasteiger partial charge in [0.1, 0.15) is 0 Å². The van der Waals surface area contributed by atoms with E-state index in [-0.39, 0.29) is 18.0 Å². The van der Waals surface area contributed by atoms with Crippen LogP contribution in [0.4, 0.5) is 0 Å². The number of ether oxygens (including phenoxy) is 1. The van der Waals surface area contributed by atoms with E-state index in [1.165, 1.54) is 17.5 Å². The molecule has 0 aliphatic heterocycles. The SMILES string of the molecule is COC(=O)/C=C/CCN([C@H](CO)Cc1ccccc1)S(=O)(=O)c1ccc(C)cc1. The molecule has 0 spiro atoms. The first-order valence-electron chi connectivity index (χ1n) is 9.36. The monoisotopic (exact) mass is 417 g/mol. The van der Waals surface area contributed by atoms with Crippen molar-refractivity contribution in [1.82, 2.24) is 4.31 Å². The molecule has 0 radical (unpaired) electrons. The number of carbonyl (C=O) groups excluding carboxylic acids is 1. The summed E-state index contributed by atoms with van der Waals surface area (Å²) < 4.78 is 32.5. The summed E-state index contributed by atoms with van der Waals surface area (Å²) in [7, 11) is -2.55. The Hall–Kier alpha value is -2.48. The van der Waals surface area contributed by atoms with Crippen LogP contribution in [0.1, 0.15) is 17.5 Å². The molecule has 0 aromatic heterocycles. The molecule has 0 fully saturated rings. The predicted octanol–water partition coefficient (Wildman–Crippen LogP) is 2.71. The van der Waals surface area contributed by atoms with Gasteiger partial charge in [-0.15, -0.1) is 0 Å². The third-order valence-electron chi connectivity index (χ3n) is 4.53. The molecule has 0 unspecified atom stereocenters. The molecule has 2 aromatic rings. The molecule has 2 aromatic carbocycles. The highest BCUT2D eigenvalue weighted by atomic mass is 32.2. The molecule has 1 atom stereocenters. The summed E-state index contributed by atoms with van der Waals surface area (Å²) >= 11 is 0. The van der Waals surface area contributed by atoms with E-state index < -0.39 is 22.0 Å². The van der Waals surface area contributed by atoms with Gasteiger partial charge in [-0.2, -0.15) is 4.31 Å². The van der Waals surface area contributed by atoms with Crippen molar-refractivity contribution in [3.8, 4) is 0 Å². The van der Waals surface area contributed by atoms with E-state index >= 15 is 0 Å². The topological polar surface area (TPSA) is 83.9 Å². The van der Waals surface area contributed by atoms with E-state index in [2.05, 4.69) is 4.74 Å². The number of hydrogen-bond acceptors (Lipinski definition) is 5. The highest BCUT2D eigenvalue weighted by Gasteiger charge is 2.30. The third-order valence-corrected chi connectivity index (χ3v) is 6.50. The van der Waals surface area contributed by atoms with Gasteiger partial charge >= 0.3 is 5.97 Å². The van der Waals surface area contributed by atoms with Gasteiger partial charge in [0.2, 0.25) is 10.0 Å². The normalized spacial score (nSPS) is 13.0. The van der Waals surface area contributed by atoms with Crippen LogP contribution in [0.15, 0.2) is 71.6 Å². The van der Waals surface area contributed by atoms with Crippen LogP contribution >= 0.6 is 0 Å². The van der Waals surface area contributed by atoms with Gasteiger partial charge in [-0.3, -0.25) is 0 Å². The summed E-state index contributed by atoms with van der Waals surface area (Å²) in [5.41, 5.74) is 1.89. The van der Waals surface area contributed by atoms with E-state index in [4.69, 9.17) is 0 Å². The number of aliphatic hydroxyl groups is 1. The largest absolute Gasteiger partial charge is 0.466 e. The molecule has 0 heterocycles. The number of carbonyl (C=O) groups is 1. The standard InChI is InChI=1S/C22H27NO5S/c1-18-11-13-21(14-12-18)29(26,27)23(15-7-6-10-22(25)28-2)20(17-24)16-19-8-4-3-5-9-19/h3-6,8-14,20,24H,7,15-17H2,1-2H3/b10-6+/t20-/m0/s1. The van der Waals surface area contributed by atoms with Crippen LogP contribution in [0.25, 0.3) is 0 Å². The van der Waals surface area contributed by atoms with Gasteiger partial charge in [0.15, 0.2) is 0 Å². The first-order chi connectivity index (χ1) is 13.9. The zero-order valence-corrected chi connectivity index (χ0v) is 17.5. The molecule has 29 heavy (non-hydrogen) atoms. The zero-order valence-electron chi connectivity index (χ0n) is 16.7. The van der Waals surface area contributed by atoms with Gasteiger partial charge in [-0.05, 0) is 37.5 Å². The number of nitrogens with zero attached hydrogens (tertiary/aromatic N) is 1. The number of methoxy groups -OCH3 is 1. The van der Waals surface area contributed by atoms with Crippen LogP contribution in [0.3, 0.4) is 0 Å². The maximum Gasteiger partial charge on any atom is 0.330 e. The second-order valence-corrected chi connectivity index (χ2v) is 8.56. The van der Waals surface area contributed by atoms with Crippen LogP contribution in [-0.4, -0.2) is 50.1 Å². The molecule has 2 rings (SSSR count). The Morgan fingerprint density at radius 2 is 1.79 bits per heavy atom. The average molecular weight is 418 g/mol. The molecule has 0 aliphatic rings. The van der Waals surface area contributed by atoms with E-state index in [1.807, 2.05) is 37.3 Å². The summed E-state index contributed by atoms with van der Waals surface area (Å²) in [6, 6.07) is 15.4. The number of aliphatic hydroxyl groups excluding tert-OH is 1. The molecule has 1 N–H and O–H groups in total. The maximum atomic E-state index is 13.3. The summed E-state index contributed by atoms with van der Waals surface area (Å²) in [4.78, 5) is 11.4. The Bertz CT molecular complexity index is 908. The summed E-state index contributed by atoms with van der Waals surface area (Å²) in [6.45, 7) is 1.69. The number of sulfonamides is 1. The molecule has 0 aliphatic carbocycles. The van der Waals surface area contributed by atoms with Crippen molar-refractivity contribution in [2.75, 3.05) is 20.3 Å². The third kappa shape index (κ3) is 6.52. The first kappa shape index (κ1) is 22.8. The molecule has 0 amide bonds. The number of aryl methyl sites for hydroxylation is 1. The van der Waals surface area contributed by atoms with Gasteiger partial charge in [-0.25, -0.2) is 13.2 Å². The lowest BCUT2D eigenvalue weighted by atomic mass is 10.1. The van der Waals surface area contributed by atoms with Crippen LogP contribution < -0.4 is 0 Å². The van der Waals surface area contributed by atoms with Gasteiger partial charge in [0.25, 0.3) is 0 Å². The molecular formula is C22H27NO5S. The highest BCUT2D eigenvalue weighted by Crippen LogP contribution is 2.21. The maximum absolute atomic E-state index is 13.3. The van der Waals surface area contributed by atoms with E-state index in [9.17, 15) is 18.3 Å². The molecule has 7 heteroatoms. The summed E-state index contributed by atoms with van der Waals surface area (Å²) in [6.07, 6.45) is 3.52. The number of benzene rings is 2. The van der Waals surface area contributed by atoms with Crippen molar-refractivity contribution in [1.29, 1.82) is 0 Å². The van der Waals surface area contributed by atoms with E-state index in [0.717, 1.165) is 11.1 Å². The van der Waals surface area contributed by atoms with E-state index in [0.29, 0.717) is 12.8 Å². The smallest absolute Gasteiger partial charge is 0.330 e. The summed E-state index contributed by atoms with van der Waals surface area (Å²) in [5, 5.41) is 10.00. The Morgan fingerprint density at radius 1 is 1.14 bits per heavy atom. The molecule has 0 bridgehead atoms. The van der Waals surface area contributed by atoms with E-state index in [1.54, 1.807) is 30.3 Å². The lowest BCUT2D eigenvalue weighted by Crippen LogP contribution is -2.44. The predicted molar refractivity (Wildman–Crippen MR) is 112 cm³/mol. The van der Waals surface area contributed by atoms with Crippen molar-refractivity contribution in [2.24, 2.45) is 0 Å². The van der Waals surface area contributed by atoms with Gasteiger partial charge in [0.05, 0.1) is 24.7 Å². The number of hydrogen-bond donors (Lipinski definition) is 1. The molecular weight excluding hydrogens is 390 g/mol. The average Bonchev–Trinajstić information content (AvgIpc) is 2.73. The fraction of sp³-hybridized carbons (Fsp3) is 0.318. The van der Waals surface area contributed by atoms with Crippen LogP contribution in [0, 0.1) is 6.92 Å². The lowest BCUT2D eigenvalue weighted by molar-refractivity contribution is -0.134. The van der Waals surface area contributed by atoms with Crippen molar-refractivity contribution in [2.45, 2.75) is 30.7 Å². The number of esters is 1. The second-order valence-electron chi connectivity index (χ2n) is 6.67. The van der Waals surface area contributed by atoms with Crippen molar-refractivity contribution >= 4 is 16.0 Å². The van der Waals surface area contributed by atoms with Crippen molar-refractivity contribution < 1.29 is 23.1 Å². The molecule has 0 saturated heterocycles.